The van der Waals surface area contributed by atoms with Crippen molar-refractivity contribution in [3.8, 4) is 0 Å². The molecule has 1 aliphatic rings. The molecular weight excluding hydrogens is 100 g/mol. The third kappa shape index (κ3) is 0.845. The van der Waals surface area contributed by atoms with Gasteiger partial charge in [0.25, 0.3) is 0 Å². The van der Waals surface area contributed by atoms with Crippen LogP contribution in [-0.4, -0.2) is 6.21 Å². The van der Waals surface area contributed by atoms with Crippen LogP contribution in [0.5, 0.6) is 0 Å². The van der Waals surface area contributed by atoms with Gasteiger partial charge in [0.1, 0.15) is 5.70 Å². The number of aliphatic imine (C=N–C) groups is 1. The van der Waals surface area contributed by atoms with Crippen LogP contribution < -0.4 is 4.90 Å². The molecule has 42 valence electrons. The molecule has 1 N–H and O–H groups in total. The first-order valence-corrected chi connectivity index (χ1v) is 2.38. The molecule has 1 unspecified atom stereocenters. The molecule has 0 amide bonds. The maximum atomic E-state index is 3.84. The highest BCUT2D eigenvalue weighted by Gasteiger charge is 1.96. The zero-order valence-electron chi connectivity index (χ0n) is 4.59. The summed E-state index contributed by atoms with van der Waals surface area (Å²) in [7, 11) is 3.72. The lowest BCUT2D eigenvalue weighted by Gasteiger charge is -2.15. The number of allylic oxidation sites excluding steroid dienone is 1. The minimum Gasteiger partial charge on any atom is -0.406 e. The molecule has 0 aromatic rings. The van der Waals surface area contributed by atoms with Gasteiger partial charge in [-0.05, 0) is 6.58 Å². The molecule has 0 spiro atoms. The highest BCUT2D eigenvalue weighted by Crippen LogP contribution is 1.79. The van der Waals surface area contributed by atoms with Crippen LogP contribution in [0.4, 0.5) is 0 Å². The van der Waals surface area contributed by atoms with Crippen molar-refractivity contribution in [2.75, 3.05) is 0 Å². The number of hydrogen-bond acceptors (Lipinski definition) is 1. The van der Waals surface area contributed by atoms with Gasteiger partial charge in [-0.3, -0.25) is 4.99 Å². The number of rotatable bonds is 0. The Morgan fingerprint density at radius 1 is 1.75 bits per heavy atom. The number of hydrogen-bond donors (Lipinski definition) is 1. The molecule has 0 saturated carbocycles. The van der Waals surface area contributed by atoms with Gasteiger partial charge in [-0.25, -0.2) is 0 Å². The van der Waals surface area contributed by atoms with Crippen LogP contribution in [0.3, 0.4) is 0 Å². The van der Waals surface area contributed by atoms with Crippen LogP contribution in [0, 0.1) is 7.05 Å². The summed E-state index contributed by atoms with van der Waals surface area (Å²) in [5.41, 5.74) is 0.896. The van der Waals surface area contributed by atoms with E-state index in [4.69, 9.17) is 0 Å². The number of nitrogens with zero attached hydrogens (tertiary/aromatic N) is 1. The van der Waals surface area contributed by atoms with E-state index < -0.39 is 0 Å². The molecule has 2 nitrogen and oxygen atoms in total. The monoisotopic (exact) mass is 108 g/mol. The minimum atomic E-state index is 0.896. The van der Waals surface area contributed by atoms with E-state index >= 15 is 0 Å². The molecule has 2 heteroatoms. The van der Waals surface area contributed by atoms with E-state index in [1.54, 1.807) is 12.4 Å². The smallest absolute Gasteiger partial charge is 0.120 e. The van der Waals surface area contributed by atoms with Crippen LogP contribution >= 0.6 is 0 Å². The summed E-state index contributed by atoms with van der Waals surface area (Å²) in [4.78, 5) is 4.79. The van der Waals surface area contributed by atoms with Crippen LogP contribution in [0.15, 0.2) is 29.7 Å². The summed E-state index contributed by atoms with van der Waals surface area (Å²) < 4.78 is 0. The van der Waals surface area contributed by atoms with E-state index in [-0.39, 0.29) is 0 Å². The van der Waals surface area contributed by atoms with Crippen molar-refractivity contribution in [2.24, 2.45) is 4.99 Å². The van der Waals surface area contributed by atoms with Gasteiger partial charge in [-0.1, -0.05) is 0 Å². The van der Waals surface area contributed by atoms with Gasteiger partial charge in [0.05, 0.1) is 18.6 Å². The fourth-order valence-electron chi connectivity index (χ4n) is 0.456. The van der Waals surface area contributed by atoms with E-state index in [1.165, 1.54) is 0 Å². The molecule has 0 fully saturated rings. The summed E-state index contributed by atoms with van der Waals surface area (Å²) in [5.74, 6) is 0. The summed E-state index contributed by atoms with van der Waals surface area (Å²) >= 11 is 0. The average Bonchev–Trinajstić information content (AvgIpc) is 1.77. The Kier molecular flexibility index (Phi) is 1.26. The van der Waals surface area contributed by atoms with Crippen LogP contribution in [-0.2, 0) is 0 Å². The van der Waals surface area contributed by atoms with Gasteiger partial charge in [0, 0.05) is 0 Å². The Hall–Kier alpha value is -0.890. The topological polar surface area (TPSA) is 16.8 Å². The largest absolute Gasteiger partial charge is 0.406 e. The lowest BCUT2D eigenvalue weighted by atomic mass is 10.4. The molecule has 1 aliphatic heterocycles. The van der Waals surface area contributed by atoms with E-state index in [0.29, 0.717) is 0 Å². The van der Waals surface area contributed by atoms with Gasteiger partial charge in [-0.15, -0.1) is 7.05 Å². The number of nitrogens with one attached hydrogen (secondary N) is 1. The minimum absolute atomic E-state index is 0.896. The molecule has 0 aromatic carbocycles. The van der Waals surface area contributed by atoms with Crippen molar-refractivity contribution in [2.45, 2.75) is 0 Å². The first-order chi connectivity index (χ1) is 3.80. The molecule has 0 saturated heterocycles. The van der Waals surface area contributed by atoms with Crippen molar-refractivity contribution in [1.82, 2.24) is 0 Å². The molecule has 0 bridgehead atoms. The second-order valence-corrected chi connectivity index (χ2v) is 1.64. The normalized spacial score (nSPS) is 26.6. The molecule has 1 heterocycles. The predicted octanol–water partition coefficient (Wildman–Crippen LogP) is -0.268. The van der Waals surface area contributed by atoms with Gasteiger partial charge < -0.3 is 4.90 Å². The molecule has 0 aromatic heterocycles. The van der Waals surface area contributed by atoms with Gasteiger partial charge in [0.15, 0.2) is 0 Å². The average molecular weight is 108 g/mol. The van der Waals surface area contributed by atoms with E-state index in [0.717, 1.165) is 10.6 Å². The lowest BCUT2D eigenvalue weighted by Crippen LogP contribution is -3.00. The molecule has 1 atom stereocenters. The third-order valence-corrected chi connectivity index (χ3v) is 1.00. The van der Waals surface area contributed by atoms with Crippen molar-refractivity contribution in [1.29, 1.82) is 0 Å². The van der Waals surface area contributed by atoms with Crippen molar-refractivity contribution in [3.63, 3.8) is 0 Å². The SMILES string of the molecule is C=C1C=NC=C[NH+]1[CH2-]. The number of quaternary nitrogens is 1. The highest BCUT2D eigenvalue weighted by molar-refractivity contribution is 5.75. The maximum absolute atomic E-state index is 3.84. The molecule has 8 heavy (non-hydrogen) atoms. The second-order valence-electron chi connectivity index (χ2n) is 1.64. The molecular formula is C6H8N2. The fraction of sp³-hybridized carbons (Fsp3) is 0. The van der Waals surface area contributed by atoms with Crippen LogP contribution in [0.25, 0.3) is 0 Å². The van der Waals surface area contributed by atoms with Crippen molar-refractivity contribution >= 4 is 6.21 Å². The van der Waals surface area contributed by atoms with Crippen molar-refractivity contribution < 1.29 is 4.90 Å². The Balaban J connectivity index is 2.74. The standard InChI is InChI=1S/C6H8N2/c1-6-5-7-3-4-8(6)2/h3-5,8H,1-2H2. The summed E-state index contributed by atoms with van der Waals surface area (Å²) in [5, 5.41) is 0. The fourth-order valence-corrected chi connectivity index (χ4v) is 0.456. The van der Waals surface area contributed by atoms with E-state index in [1.807, 2.05) is 6.20 Å². The Morgan fingerprint density at radius 2 is 2.50 bits per heavy atom. The van der Waals surface area contributed by atoms with E-state index in [9.17, 15) is 0 Å². The summed E-state index contributed by atoms with van der Waals surface area (Å²) in [6, 6.07) is 0. The molecule has 1 rings (SSSR count). The first-order valence-electron chi connectivity index (χ1n) is 2.38. The van der Waals surface area contributed by atoms with Crippen LogP contribution in [0.1, 0.15) is 0 Å². The van der Waals surface area contributed by atoms with Crippen molar-refractivity contribution in [3.05, 3.63) is 31.7 Å². The zero-order valence-corrected chi connectivity index (χ0v) is 4.59. The highest BCUT2D eigenvalue weighted by atomic mass is 15.1. The molecule has 0 radical (unpaired) electrons. The summed E-state index contributed by atoms with van der Waals surface area (Å²) in [6.45, 7) is 3.70. The van der Waals surface area contributed by atoms with Gasteiger partial charge in [-0.2, -0.15) is 0 Å². The lowest BCUT2D eigenvalue weighted by molar-refractivity contribution is -0.746. The van der Waals surface area contributed by atoms with Gasteiger partial charge >= 0.3 is 0 Å². The Bertz CT molecular complexity index is 156. The van der Waals surface area contributed by atoms with Crippen LogP contribution in [0.2, 0.25) is 0 Å². The third-order valence-electron chi connectivity index (χ3n) is 1.00. The molecule has 0 aliphatic carbocycles. The zero-order chi connectivity index (χ0) is 5.98. The summed E-state index contributed by atoms with van der Waals surface area (Å²) in [6.07, 6.45) is 5.24. The van der Waals surface area contributed by atoms with Gasteiger partial charge in [0.2, 0.25) is 0 Å². The van der Waals surface area contributed by atoms with E-state index in [2.05, 4.69) is 18.6 Å². The second kappa shape index (κ2) is 1.92. The predicted molar refractivity (Wildman–Crippen MR) is 33.1 cm³/mol. The Morgan fingerprint density at radius 3 is 2.88 bits per heavy atom. The Labute approximate surface area is 48.8 Å². The first kappa shape index (κ1) is 5.25. The quantitative estimate of drug-likeness (QED) is 0.411. The maximum Gasteiger partial charge on any atom is 0.120 e.